The van der Waals surface area contributed by atoms with Crippen LogP contribution >= 0.6 is 11.8 Å². The summed E-state index contributed by atoms with van der Waals surface area (Å²) in [5.74, 6) is 4.85. The Bertz CT molecular complexity index is 167. The second-order valence-corrected chi connectivity index (χ2v) is 5.26. The fraction of sp³-hybridized carbons (Fsp3) is 0.889. The molecule has 0 aliphatic heterocycles. The summed E-state index contributed by atoms with van der Waals surface area (Å²) in [7, 11) is 0. The van der Waals surface area contributed by atoms with E-state index in [1.165, 1.54) is 0 Å². The van der Waals surface area contributed by atoms with Crippen LogP contribution in [0.15, 0.2) is 0 Å². The second-order valence-electron chi connectivity index (χ2n) is 3.38. The predicted molar refractivity (Wildman–Crippen MR) is 59.8 cm³/mol. The van der Waals surface area contributed by atoms with E-state index in [4.69, 9.17) is 10.9 Å². The topological polar surface area (TPSA) is 75.3 Å². The highest BCUT2D eigenvalue weighted by Gasteiger charge is 2.10. The maximum Gasteiger partial charge on any atom is 0.233 e. The molecule has 2 atom stereocenters. The summed E-state index contributed by atoms with van der Waals surface area (Å²) >= 11 is 1.80. The van der Waals surface area contributed by atoms with Gasteiger partial charge in [0, 0.05) is 23.5 Å². The first-order valence-corrected chi connectivity index (χ1v) is 5.80. The molecule has 0 spiro atoms. The van der Waals surface area contributed by atoms with Crippen molar-refractivity contribution in [2.45, 2.75) is 43.6 Å². The van der Waals surface area contributed by atoms with Crippen LogP contribution in [0.4, 0.5) is 0 Å². The van der Waals surface area contributed by atoms with E-state index in [1.54, 1.807) is 11.8 Å². The van der Waals surface area contributed by atoms with Crippen molar-refractivity contribution in [3.8, 4) is 0 Å². The average Bonchev–Trinajstić information content (AvgIpc) is 2.14. The van der Waals surface area contributed by atoms with Crippen molar-refractivity contribution in [3.05, 3.63) is 0 Å². The second kappa shape index (κ2) is 8.08. The Morgan fingerprint density at radius 3 is 2.50 bits per heavy atom. The van der Waals surface area contributed by atoms with Crippen molar-refractivity contribution < 1.29 is 9.90 Å². The number of aliphatic hydroxyl groups is 1. The third kappa shape index (κ3) is 7.17. The van der Waals surface area contributed by atoms with E-state index in [-0.39, 0.29) is 12.5 Å². The molecule has 14 heavy (non-hydrogen) atoms. The standard InChI is InChI=1S/C9H20N2O2S/c1-7(3-4-9(13)11-10)14-8(2)5-6-12/h7-8,12H,3-6,10H2,1-2H3,(H,11,13). The summed E-state index contributed by atoms with van der Waals surface area (Å²) in [6.45, 7) is 4.40. The molecule has 0 aromatic heterocycles. The fourth-order valence-corrected chi connectivity index (χ4v) is 2.41. The van der Waals surface area contributed by atoms with Gasteiger partial charge in [-0.3, -0.25) is 10.2 Å². The van der Waals surface area contributed by atoms with Gasteiger partial charge in [0.1, 0.15) is 0 Å². The van der Waals surface area contributed by atoms with Gasteiger partial charge >= 0.3 is 0 Å². The van der Waals surface area contributed by atoms with Crippen LogP contribution in [0.5, 0.6) is 0 Å². The van der Waals surface area contributed by atoms with Crippen LogP contribution in [0.2, 0.25) is 0 Å². The van der Waals surface area contributed by atoms with Gasteiger partial charge in [-0.15, -0.1) is 0 Å². The van der Waals surface area contributed by atoms with E-state index < -0.39 is 0 Å². The summed E-state index contributed by atoms with van der Waals surface area (Å²) in [6, 6.07) is 0. The van der Waals surface area contributed by atoms with Gasteiger partial charge in [-0.2, -0.15) is 11.8 Å². The van der Waals surface area contributed by atoms with E-state index in [2.05, 4.69) is 19.3 Å². The molecule has 0 aliphatic carbocycles. The van der Waals surface area contributed by atoms with Crippen LogP contribution in [0.1, 0.15) is 33.1 Å². The van der Waals surface area contributed by atoms with Crippen LogP contribution in [-0.2, 0) is 4.79 Å². The molecule has 0 heterocycles. The van der Waals surface area contributed by atoms with Crippen molar-refractivity contribution in [2.75, 3.05) is 6.61 Å². The number of nitrogens with one attached hydrogen (secondary N) is 1. The summed E-state index contributed by atoms with van der Waals surface area (Å²) < 4.78 is 0. The Balaban J connectivity index is 3.54. The first-order chi connectivity index (χ1) is 6.60. The molecule has 0 aliphatic rings. The molecule has 0 bridgehead atoms. The lowest BCUT2D eigenvalue weighted by atomic mass is 10.2. The van der Waals surface area contributed by atoms with Crippen molar-refractivity contribution in [3.63, 3.8) is 0 Å². The van der Waals surface area contributed by atoms with Crippen LogP contribution in [0.25, 0.3) is 0 Å². The Labute approximate surface area is 89.6 Å². The first-order valence-electron chi connectivity index (χ1n) is 4.86. The van der Waals surface area contributed by atoms with Crippen LogP contribution in [0.3, 0.4) is 0 Å². The molecule has 0 saturated heterocycles. The van der Waals surface area contributed by atoms with E-state index in [0.717, 1.165) is 12.8 Å². The minimum absolute atomic E-state index is 0.118. The highest BCUT2D eigenvalue weighted by molar-refractivity contribution is 8.00. The molecule has 5 heteroatoms. The number of thioether (sulfide) groups is 1. The van der Waals surface area contributed by atoms with Crippen molar-refractivity contribution in [2.24, 2.45) is 5.84 Å². The Morgan fingerprint density at radius 2 is 2.00 bits per heavy atom. The number of amides is 1. The molecule has 0 aromatic rings. The minimum Gasteiger partial charge on any atom is -0.396 e. The average molecular weight is 220 g/mol. The van der Waals surface area contributed by atoms with Gasteiger partial charge in [-0.1, -0.05) is 13.8 Å². The minimum atomic E-state index is -0.118. The van der Waals surface area contributed by atoms with Crippen LogP contribution in [0, 0.1) is 0 Å². The number of rotatable bonds is 7. The molecule has 0 aromatic carbocycles. The Morgan fingerprint density at radius 1 is 1.43 bits per heavy atom. The number of hydrazine groups is 1. The van der Waals surface area contributed by atoms with E-state index in [0.29, 0.717) is 16.9 Å². The Hall–Kier alpha value is -0.260. The largest absolute Gasteiger partial charge is 0.396 e. The zero-order valence-electron chi connectivity index (χ0n) is 8.82. The molecular weight excluding hydrogens is 200 g/mol. The maximum atomic E-state index is 10.8. The lowest BCUT2D eigenvalue weighted by Crippen LogP contribution is -2.30. The Kier molecular flexibility index (Phi) is 7.93. The molecular formula is C9H20N2O2S. The maximum absolute atomic E-state index is 10.8. The lowest BCUT2D eigenvalue weighted by molar-refractivity contribution is -0.121. The van der Waals surface area contributed by atoms with Gasteiger partial charge in [0.15, 0.2) is 0 Å². The van der Waals surface area contributed by atoms with Crippen LogP contribution in [-0.4, -0.2) is 28.1 Å². The molecule has 1 amide bonds. The molecule has 4 nitrogen and oxygen atoms in total. The van der Waals surface area contributed by atoms with E-state index in [1.807, 2.05) is 0 Å². The van der Waals surface area contributed by atoms with Crippen molar-refractivity contribution in [1.29, 1.82) is 0 Å². The molecule has 0 radical (unpaired) electrons. The number of hydrogen-bond donors (Lipinski definition) is 3. The monoisotopic (exact) mass is 220 g/mol. The third-order valence-electron chi connectivity index (χ3n) is 1.94. The quantitative estimate of drug-likeness (QED) is 0.334. The van der Waals surface area contributed by atoms with Gasteiger partial charge in [0.2, 0.25) is 5.91 Å². The first kappa shape index (κ1) is 13.7. The summed E-state index contributed by atoms with van der Waals surface area (Å²) in [6.07, 6.45) is 2.10. The molecule has 84 valence electrons. The highest BCUT2D eigenvalue weighted by atomic mass is 32.2. The summed E-state index contributed by atoms with van der Waals surface area (Å²) in [4.78, 5) is 10.8. The van der Waals surface area contributed by atoms with Gasteiger partial charge in [0.25, 0.3) is 0 Å². The third-order valence-corrected chi connectivity index (χ3v) is 3.34. The zero-order valence-corrected chi connectivity index (χ0v) is 9.64. The molecule has 4 N–H and O–H groups in total. The summed E-state index contributed by atoms with van der Waals surface area (Å²) in [5.41, 5.74) is 2.11. The summed E-state index contributed by atoms with van der Waals surface area (Å²) in [5, 5.41) is 9.58. The molecule has 2 unspecified atom stereocenters. The van der Waals surface area contributed by atoms with E-state index >= 15 is 0 Å². The highest BCUT2D eigenvalue weighted by Crippen LogP contribution is 2.22. The van der Waals surface area contributed by atoms with Crippen molar-refractivity contribution in [1.82, 2.24) is 5.43 Å². The smallest absolute Gasteiger partial charge is 0.233 e. The number of carbonyl (C=O) groups excluding carboxylic acids is 1. The molecule has 0 saturated carbocycles. The van der Waals surface area contributed by atoms with Crippen molar-refractivity contribution >= 4 is 17.7 Å². The molecule has 0 rings (SSSR count). The number of nitrogens with two attached hydrogens (primary N) is 1. The number of carbonyl (C=O) groups is 1. The fourth-order valence-electron chi connectivity index (χ4n) is 1.12. The SMILES string of the molecule is CC(CCO)SC(C)CCC(=O)NN. The zero-order chi connectivity index (χ0) is 11.0. The normalized spacial score (nSPS) is 14.9. The molecule has 0 fully saturated rings. The van der Waals surface area contributed by atoms with Gasteiger partial charge in [-0.05, 0) is 12.8 Å². The predicted octanol–water partition coefficient (Wildman–Crippen LogP) is 0.649. The number of aliphatic hydroxyl groups excluding tert-OH is 1. The van der Waals surface area contributed by atoms with Crippen LogP contribution < -0.4 is 11.3 Å². The number of hydrogen-bond acceptors (Lipinski definition) is 4. The van der Waals surface area contributed by atoms with Gasteiger partial charge < -0.3 is 5.11 Å². The van der Waals surface area contributed by atoms with Gasteiger partial charge in [0.05, 0.1) is 0 Å². The lowest BCUT2D eigenvalue weighted by Gasteiger charge is -2.15. The van der Waals surface area contributed by atoms with Gasteiger partial charge in [-0.25, -0.2) is 5.84 Å². The van der Waals surface area contributed by atoms with E-state index in [9.17, 15) is 4.79 Å².